The van der Waals surface area contributed by atoms with Gasteiger partial charge in [0.2, 0.25) is 5.89 Å². The van der Waals surface area contributed by atoms with Crippen molar-refractivity contribution in [2.24, 2.45) is 0 Å². The van der Waals surface area contributed by atoms with Crippen molar-refractivity contribution in [2.45, 2.75) is 13.5 Å². The molecule has 102 valence electrons. The second-order valence-corrected chi connectivity index (χ2v) is 5.25. The largest absolute Gasteiger partial charge is 0.444 e. The standard InChI is InChI=1S/C14H17BrN2O2/c1-10-5-11(7-12(15)6-10)14-17-13(9-19-14)8-16-3-4-18-2/h5-7,9,16H,3-4,8H2,1-2H3. The Balaban J connectivity index is 2.03. The second-order valence-electron chi connectivity index (χ2n) is 4.33. The molecule has 19 heavy (non-hydrogen) atoms. The maximum absolute atomic E-state index is 5.51. The van der Waals surface area contributed by atoms with Crippen LogP contribution < -0.4 is 5.32 Å². The summed E-state index contributed by atoms with van der Waals surface area (Å²) in [7, 11) is 1.69. The van der Waals surface area contributed by atoms with Crippen LogP contribution in [0.3, 0.4) is 0 Å². The highest BCUT2D eigenvalue weighted by Gasteiger charge is 2.07. The molecule has 0 amide bonds. The van der Waals surface area contributed by atoms with E-state index in [0.29, 0.717) is 19.0 Å². The van der Waals surface area contributed by atoms with Crippen molar-refractivity contribution in [1.82, 2.24) is 10.3 Å². The molecule has 0 aliphatic heterocycles. The topological polar surface area (TPSA) is 47.3 Å². The van der Waals surface area contributed by atoms with Crippen molar-refractivity contribution in [3.8, 4) is 11.5 Å². The van der Waals surface area contributed by atoms with Gasteiger partial charge in [0, 0.05) is 30.2 Å². The highest BCUT2D eigenvalue weighted by Crippen LogP contribution is 2.24. The SMILES string of the molecule is COCCNCc1coc(-c2cc(C)cc(Br)c2)n1. The molecule has 0 bridgehead atoms. The van der Waals surface area contributed by atoms with Crippen LogP contribution in [-0.2, 0) is 11.3 Å². The van der Waals surface area contributed by atoms with Crippen molar-refractivity contribution in [3.63, 3.8) is 0 Å². The van der Waals surface area contributed by atoms with E-state index in [4.69, 9.17) is 9.15 Å². The minimum atomic E-state index is 0.646. The molecule has 0 aliphatic rings. The average molecular weight is 325 g/mol. The van der Waals surface area contributed by atoms with Gasteiger partial charge in [-0.25, -0.2) is 4.98 Å². The zero-order valence-corrected chi connectivity index (χ0v) is 12.7. The number of aryl methyl sites for hydroxylation is 1. The Bertz CT molecular complexity index is 520. The summed E-state index contributed by atoms with van der Waals surface area (Å²) in [6, 6.07) is 6.11. The van der Waals surface area contributed by atoms with Crippen LogP contribution in [0.4, 0.5) is 0 Å². The molecular formula is C14H17BrN2O2. The fraction of sp³-hybridized carbons (Fsp3) is 0.357. The van der Waals surface area contributed by atoms with E-state index in [-0.39, 0.29) is 0 Å². The second kappa shape index (κ2) is 6.84. The Labute approximate surface area is 121 Å². The fourth-order valence-corrected chi connectivity index (χ4v) is 2.38. The number of aromatic nitrogens is 1. The lowest BCUT2D eigenvalue weighted by atomic mass is 10.1. The number of ether oxygens (including phenoxy) is 1. The summed E-state index contributed by atoms with van der Waals surface area (Å²) >= 11 is 3.48. The van der Waals surface area contributed by atoms with E-state index in [2.05, 4.69) is 38.4 Å². The summed E-state index contributed by atoms with van der Waals surface area (Å²) < 4.78 is 11.5. The maximum Gasteiger partial charge on any atom is 0.226 e. The van der Waals surface area contributed by atoms with Gasteiger partial charge in [0.05, 0.1) is 12.3 Å². The number of nitrogens with one attached hydrogen (secondary N) is 1. The molecule has 2 rings (SSSR count). The van der Waals surface area contributed by atoms with Gasteiger partial charge < -0.3 is 14.5 Å². The third-order valence-electron chi connectivity index (χ3n) is 2.63. The summed E-state index contributed by atoms with van der Waals surface area (Å²) in [6.45, 7) is 4.22. The van der Waals surface area contributed by atoms with Crippen LogP contribution in [0.2, 0.25) is 0 Å². The predicted molar refractivity (Wildman–Crippen MR) is 78.0 cm³/mol. The van der Waals surface area contributed by atoms with E-state index < -0.39 is 0 Å². The molecule has 0 spiro atoms. The Hall–Kier alpha value is -1.17. The fourth-order valence-electron chi connectivity index (χ4n) is 1.77. The quantitative estimate of drug-likeness (QED) is 0.829. The van der Waals surface area contributed by atoms with E-state index in [1.807, 2.05) is 13.0 Å². The number of rotatable bonds is 6. The Morgan fingerprint density at radius 1 is 1.37 bits per heavy atom. The summed E-state index contributed by atoms with van der Waals surface area (Å²) in [5.74, 6) is 0.646. The van der Waals surface area contributed by atoms with Crippen LogP contribution >= 0.6 is 15.9 Å². The Kier molecular flexibility index (Phi) is 5.13. The van der Waals surface area contributed by atoms with Gasteiger partial charge in [-0.05, 0) is 30.7 Å². The van der Waals surface area contributed by atoms with Crippen LogP contribution in [0.15, 0.2) is 33.4 Å². The number of hydrogen-bond donors (Lipinski definition) is 1. The van der Waals surface area contributed by atoms with E-state index >= 15 is 0 Å². The van der Waals surface area contributed by atoms with Crippen LogP contribution in [0.1, 0.15) is 11.3 Å². The van der Waals surface area contributed by atoms with Crippen LogP contribution in [0.25, 0.3) is 11.5 Å². The molecule has 0 aliphatic carbocycles. The van der Waals surface area contributed by atoms with E-state index in [9.17, 15) is 0 Å². The van der Waals surface area contributed by atoms with Gasteiger partial charge in [-0.3, -0.25) is 0 Å². The van der Waals surface area contributed by atoms with Gasteiger partial charge in [0.1, 0.15) is 6.26 Å². The molecule has 4 nitrogen and oxygen atoms in total. The monoisotopic (exact) mass is 324 g/mol. The van der Waals surface area contributed by atoms with Gasteiger partial charge in [0.15, 0.2) is 0 Å². The molecule has 0 atom stereocenters. The van der Waals surface area contributed by atoms with E-state index in [1.165, 1.54) is 5.56 Å². The van der Waals surface area contributed by atoms with Gasteiger partial charge in [-0.2, -0.15) is 0 Å². The number of hydrogen-bond acceptors (Lipinski definition) is 4. The number of halogens is 1. The summed E-state index contributed by atoms with van der Waals surface area (Å²) in [4.78, 5) is 4.47. The number of oxazole rings is 1. The van der Waals surface area contributed by atoms with Crippen molar-refractivity contribution in [3.05, 3.63) is 40.2 Å². The smallest absolute Gasteiger partial charge is 0.226 e. The molecular weight excluding hydrogens is 308 g/mol. The van der Waals surface area contributed by atoms with Crippen molar-refractivity contribution < 1.29 is 9.15 Å². The molecule has 1 N–H and O–H groups in total. The zero-order chi connectivity index (χ0) is 13.7. The van der Waals surface area contributed by atoms with Gasteiger partial charge in [-0.1, -0.05) is 15.9 Å². The Morgan fingerprint density at radius 2 is 2.21 bits per heavy atom. The third-order valence-corrected chi connectivity index (χ3v) is 3.09. The van der Waals surface area contributed by atoms with Crippen LogP contribution in [0, 0.1) is 6.92 Å². The van der Waals surface area contributed by atoms with Crippen LogP contribution in [0.5, 0.6) is 0 Å². The molecule has 0 radical (unpaired) electrons. The first-order valence-corrected chi connectivity index (χ1v) is 6.90. The van der Waals surface area contributed by atoms with Crippen molar-refractivity contribution in [1.29, 1.82) is 0 Å². The lowest BCUT2D eigenvalue weighted by molar-refractivity contribution is 0.199. The predicted octanol–water partition coefficient (Wildman–Crippen LogP) is 3.15. The molecule has 1 aromatic carbocycles. The molecule has 0 unspecified atom stereocenters. The zero-order valence-electron chi connectivity index (χ0n) is 11.1. The first-order valence-electron chi connectivity index (χ1n) is 6.10. The molecule has 1 aromatic heterocycles. The van der Waals surface area contributed by atoms with Crippen LogP contribution in [-0.4, -0.2) is 25.2 Å². The van der Waals surface area contributed by atoms with Crippen molar-refractivity contribution in [2.75, 3.05) is 20.3 Å². The normalized spacial score (nSPS) is 10.9. The van der Waals surface area contributed by atoms with Gasteiger partial charge in [-0.15, -0.1) is 0 Å². The summed E-state index contributed by atoms with van der Waals surface area (Å²) in [6.07, 6.45) is 1.69. The third kappa shape index (κ3) is 4.16. The summed E-state index contributed by atoms with van der Waals surface area (Å²) in [5, 5.41) is 3.23. The van der Waals surface area contributed by atoms with E-state index in [0.717, 1.165) is 22.3 Å². The molecule has 0 saturated carbocycles. The average Bonchev–Trinajstić information content (AvgIpc) is 2.82. The van der Waals surface area contributed by atoms with Crippen molar-refractivity contribution >= 4 is 15.9 Å². The number of nitrogens with zero attached hydrogens (tertiary/aromatic N) is 1. The maximum atomic E-state index is 5.51. The lowest BCUT2D eigenvalue weighted by Gasteiger charge is -2.00. The minimum absolute atomic E-state index is 0.646. The molecule has 1 heterocycles. The molecule has 0 saturated heterocycles. The van der Waals surface area contributed by atoms with E-state index in [1.54, 1.807) is 13.4 Å². The summed E-state index contributed by atoms with van der Waals surface area (Å²) in [5.41, 5.74) is 3.04. The molecule has 2 aromatic rings. The van der Waals surface area contributed by atoms with Gasteiger partial charge >= 0.3 is 0 Å². The first-order chi connectivity index (χ1) is 9.19. The number of methoxy groups -OCH3 is 1. The molecule has 0 fully saturated rings. The molecule has 5 heteroatoms. The van der Waals surface area contributed by atoms with Gasteiger partial charge in [0.25, 0.3) is 0 Å². The highest BCUT2D eigenvalue weighted by atomic mass is 79.9. The highest BCUT2D eigenvalue weighted by molar-refractivity contribution is 9.10. The Morgan fingerprint density at radius 3 is 2.95 bits per heavy atom. The first kappa shape index (κ1) is 14.2. The minimum Gasteiger partial charge on any atom is -0.444 e. The lowest BCUT2D eigenvalue weighted by Crippen LogP contribution is -2.18. The number of benzene rings is 1.